The number of hydrogen-bond donors (Lipinski definition) is 2. The molecule has 3 atom stereocenters. The molecule has 2 unspecified atom stereocenters. The lowest BCUT2D eigenvalue weighted by molar-refractivity contribution is -0.0987. The Balaban J connectivity index is 0.000000710. The second-order valence-corrected chi connectivity index (χ2v) is 8.73. The first-order valence-electron chi connectivity index (χ1n) is 10.4. The molecule has 0 radical (unpaired) electrons. The monoisotopic (exact) mass is 502 g/mol. The van der Waals surface area contributed by atoms with Gasteiger partial charge in [-0.25, -0.2) is 8.78 Å². The van der Waals surface area contributed by atoms with E-state index in [2.05, 4.69) is 12.6 Å². The zero-order chi connectivity index (χ0) is 25.4. The van der Waals surface area contributed by atoms with Gasteiger partial charge in [-0.3, -0.25) is 0 Å². The van der Waals surface area contributed by atoms with Crippen LogP contribution in [-0.4, -0.2) is 43.8 Å². The maximum absolute atomic E-state index is 14.1. The molecule has 0 aliphatic heterocycles. The standard InChI is InChI=1S/C16H22F2O2S.C7H7Cl.2CH2O/c1-16(13-8-12(17)2-3-14(13)18)5-4-15(19)11(9-16)10-20-6-7-21;1-6-2-4-7(8)5-3-6;2*1-2/h2-3,8,11,15,19,21H,4-7,9-10H2,1H3;2-5H,1H3;2*1H2/t11?,15-,16?;;;/m1.../s1. The van der Waals surface area contributed by atoms with Gasteiger partial charge in [0, 0.05) is 16.7 Å². The Labute approximate surface area is 205 Å². The average Bonchev–Trinajstić information content (AvgIpc) is 2.83. The van der Waals surface area contributed by atoms with Crippen molar-refractivity contribution >= 4 is 37.8 Å². The molecule has 0 amide bonds. The highest BCUT2D eigenvalue weighted by molar-refractivity contribution is 7.80. The fourth-order valence-electron chi connectivity index (χ4n) is 3.73. The van der Waals surface area contributed by atoms with Crippen LogP contribution in [-0.2, 0) is 19.7 Å². The van der Waals surface area contributed by atoms with Crippen LogP contribution in [0, 0.1) is 24.5 Å². The Morgan fingerprint density at radius 2 is 1.76 bits per heavy atom. The van der Waals surface area contributed by atoms with Crippen LogP contribution in [0.1, 0.15) is 37.3 Å². The van der Waals surface area contributed by atoms with E-state index in [4.69, 9.17) is 25.9 Å². The molecule has 1 aliphatic carbocycles. The molecule has 2 aromatic carbocycles. The Morgan fingerprint density at radius 1 is 1.15 bits per heavy atom. The summed E-state index contributed by atoms with van der Waals surface area (Å²) in [4.78, 5) is 16.0. The zero-order valence-corrected chi connectivity index (χ0v) is 20.8. The van der Waals surface area contributed by atoms with E-state index >= 15 is 0 Å². The topological polar surface area (TPSA) is 63.6 Å². The number of hydrogen-bond acceptors (Lipinski definition) is 5. The molecule has 1 N–H and O–H groups in total. The number of carbonyl (C=O) groups is 2. The van der Waals surface area contributed by atoms with Crippen molar-refractivity contribution in [1.29, 1.82) is 0 Å². The van der Waals surface area contributed by atoms with Crippen LogP contribution in [0.2, 0.25) is 5.02 Å². The lowest BCUT2D eigenvalue weighted by Crippen LogP contribution is -2.40. The first kappa shape index (κ1) is 31.2. The second kappa shape index (κ2) is 16.8. The molecule has 0 bridgehead atoms. The summed E-state index contributed by atoms with van der Waals surface area (Å²) >= 11 is 9.69. The second-order valence-electron chi connectivity index (χ2n) is 7.85. The van der Waals surface area contributed by atoms with Crippen LogP contribution in [0.4, 0.5) is 8.78 Å². The van der Waals surface area contributed by atoms with Crippen LogP contribution in [0.15, 0.2) is 42.5 Å². The van der Waals surface area contributed by atoms with Crippen molar-refractivity contribution < 1.29 is 28.2 Å². The van der Waals surface area contributed by atoms with Crippen molar-refractivity contribution in [3.63, 3.8) is 0 Å². The fraction of sp³-hybridized carbons (Fsp3) is 0.440. The number of thiol groups is 1. The Bertz CT molecular complexity index is 786. The number of ether oxygens (including phenoxy) is 1. The van der Waals surface area contributed by atoms with Gasteiger partial charge in [-0.05, 0) is 67.5 Å². The molecule has 33 heavy (non-hydrogen) atoms. The van der Waals surface area contributed by atoms with E-state index in [-0.39, 0.29) is 11.7 Å². The van der Waals surface area contributed by atoms with Crippen LogP contribution in [0.5, 0.6) is 0 Å². The molecule has 2 aromatic rings. The summed E-state index contributed by atoms with van der Waals surface area (Å²) < 4.78 is 33.0. The minimum atomic E-state index is -0.472. The third-order valence-corrected chi connectivity index (χ3v) is 5.84. The Hall–Kier alpha value is -1.80. The van der Waals surface area contributed by atoms with Gasteiger partial charge >= 0.3 is 0 Å². The highest BCUT2D eigenvalue weighted by Crippen LogP contribution is 2.43. The molecule has 0 saturated heterocycles. The number of carbonyl (C=O) groups excluding carboxylic acids is 2. The first-order valence-corrected chi connectivity index (χ1v) is 11.4. The van der Waals surface area contributed by atoms with Gasteiger partial charge in [0.05, 0.1) is 19.3 Å². The molecule has 0 spiro atoms. The SMILES string of the molecule is C=O.C=O.CC1(c2cc(F)ccc2F)CC[C@@H](O)C(COCCS)C1.Cc1ccc(Cl)cc1. The summed E-state index contributed by atoms with van der Waals surface area (Å²) in [5, 5.41) is 10.9. The van der Waals surface area contributed by atoms with E-state index in [1.165, 1.54) is 17.7 Å². The van der Waals surface area contributed by atoms with Gasteiger partial charge in [0.2, 0.25) is 0 Å². The van der Waals surface area contributed by atoms with E-state index in [1.807, 2.05) is 51.7 Å². The number of aryl methyl sites for hydroxylation is 1. The van der Waals surface area contributed by atoms with Crippen molar-refractivity contribution in [1.82, 2.24) is 0 Å². The van der Waals surface area contributed by atoms with E-state index in [9.17, 15) is 13.9 Å². The summed E-state index contributed by atoms with van der Waals surface area (Å²) in [5.41, 5.74) is 1.17. The third kappa shape index (κ3) is 10.8. The molecule has 1 saturated carbocycles. The van der Waals surface area contributed by atoms with Crippen LogP contribution >= 0.6 is 24.2 Å². The lowest BCUT2D eigenvalue weighted by Gasteiger charge is -2.41. The molecular weight excluding hydrogens is 470 g/mol. The van der Waals surface area contributed by atoms with Gasteiger partial charge in [0.25, 0.3) is 0 Å². The van der Waals surface area contributed by atoms with Crippen molar-refractivity contribution in [3.8, 4) is 0 Å². The summed E-state index contributed by atoms with van der Waals surface area (Å²) in [6, 6.07) is 11.3. The average molecular weight is 503 g/mol. The van der Waals surface area contributed by atoms with Crippen LogP contribution in [0.25, 0.3) is 0 Å². The molecule has 184 valence electrons. The molecule has 8 heteroatoms. The molecular formula is C25H33ClF2O4S. The van der Waals surface area contributed by atoms with Gasteiger partial charge in [0.15, 0.2) is 0 Å². The lowest BCUT2D eigenvalue weighted by atomic mass is 9.66. The highest BCUT2D eigenvalue weighted by atomic mass is 35.5. The Morgan fingerprint density at radius 3 is 2.30 bits per heavy atom. The molecule has 3 rings (SSSR count). The maximum atomic E-state index is 14.1. The summed E-state index contributed by atoms with van der Waals surface area (Å²) in [6.07, 6.45) is 1.34. The predicted molar refractivity (Wildman–Crippen MR) is 132 cm³/mol. The van der Waals surface area contributed by atoms with E-state index in [0.717, 1.165) is 11.1 Å². The quantitative estimate of drug-likeness (QED) is 0.412. The maximum Gasteiger partial charge on any atom is 0.127 e. The number of benzene rings is 2. The summed E-state index contributed by atoms with van der Waals surface area (Å²) in [5.74, 6) is -0.253. The number of rotatable bonds is 5. The zero-order valence-electron chi connectivity index (χ0n) is 19.1. The molecule has 0 heterocycles. The normalized spacial score (nSPS) is 21.3. The van der Waals surface area contributed by atoms with E-state index in [1.54, 1.807) is 0 Å². The Kier molecular flexibility index (Phi) is 15.8. The number of aliphatic hydroxyl groups excluding tert-OH is 1. The molecule has 1 aliphatic rings. The largest absolute Gasteiger partial charge is 0.393 e. The van der Waals surface area contributed by atoms with Gasteiger partial charge in [-0.2, -0.15) is 12.6 Å². The number of halogens is 3. The van der Waals surface area contributed by atoms with E-state index in [0.29, 0.717) is 43.8 Å². The molecule has 0 aromatic heterocycles. The van der Waals surface area contributed by atoms with Crippen LogP contribution in [0.3, 0.4) is 0 Å². The van der Waals surface area contributed by atoms with Crippen molar-refractivity contribution in [2.75, 3.05) is 19.0 Å². The van der Waals surface area contributed by atoms with Crippen molar-refractivity contribution in [3.05, 3.63) is 70.2 Å². The van der Waals surface area contributed by atoms with Crippen molar-refractivity contribution in [2.24, 2.45) is 5.92 Å². The number of aliphatic hydroxyl groups is 1. The summed E-state index contributed by atoms with van der Waals surface area (Å²) in [7, 11) is 0. The summed E-state index contributed by atoms with van der Waals surface area (Å²) in [6.45, 7) is 8.92. The van der Waals surface area contributed by atoms with Crippen molar-refractivity contribution in [2.45, 2.75) is 44.6 Å². The van der Waals surface area contributed by atoms with E-state index < -0.39 is 17.3 Å². The van der Waals surface area contributed by atoms with Gasteiger partial charge < -0.3 is 19.4 Å². The van der Waals surface area contributed by atoms with Crippen LogP contribution < -0.4 is 0 Å². The van der Waals surface area contributed by atoms with Gasteiger partial charge in [-0.1, -0.05) is 36.2 Å². The molecule has 4 nitrogen and oxygen atoms in total. The third-order valence-electron chi connectivity index (χ3n) is 5.41. The smallest absolute Gasteiger partial charge is 0.127 e. The minimum Gasteiger partial charge on any atom is -0.393 e. The minimum absolute atomic E-state index is 0.0636. The van der Waals surface area contributed by atoms with Gasteiger partial charge in [0.1, 0.15) is 25.2 Å². The van der Waals surface area contributed by atoms with Gasteiger partial charge in [-0.15, -0.1) is 0 Å². The predicted octanol–water partition coefficient (Wildman–Crippen LogP) is 5.61. The first-order chi connectivity index (χ1) is 15.7. The molecule has 1 fully saturated rings. The fourth-order valence-corrected chi connectivity index (χ4v) is 3.98. The highest BCUT2D eigenvalue weighted by Gasteiger charge is 2.39.